The van der Waals surface area contributed by atoms with Crippen LogP contribution in [0.15, 0.2) is 48.5 Å². The number of carbonyl (C=O) groups excluding carboxylic acids is 1. The number of hydrogen-bond acceptors (Lipinski definition) is 3. The molecule has 1 amide bonds. The Balaban J connectivity index is 1.63. The molecule has 2 aromatic carbocycles. The number of para-hydroxylation sites is 1. The van der Waals surface area contributed by atoms with Crippen molar-refractivity contribution < 1.29 is 18.7 Å². The molecule has 5 heteroatoms. The third kappa shape index (κ3) is 4.04. The minimum atomic E-state index is -0.623. The zero-order valence-corrected chi connectivity index (χ0v) is 13.6. The van der Waals surface area contributed by atoms with E-state index in [9.17, 15) is 9.18 Å². The van der Waals surface area contributed by atoms with Gasteiger partial charge in [0.1, 0.15) is 11.5 Å². The molecule has 2 aromatic rings. The fourth-order valence-corrected chi connectivity index (χ4v) is 2.60. The highest BCUT2D eigenvalue weighted by Gasteiger charge is 2.22. The van der Waals surface area contributed by atoms with Gasteiger partial charge in [-0.1, -0.05) is 25.1 Å². The van der Waals surface area contributed by atoms with E-state index in [1.165, 1.54) is 12.1 Å². The first-order valence-corrected chi connectivity index (χ1v) is 8.11. The highest BCUT2D eigenvalue weighted by molar-refractivity contribution is 5.71. The molecule has 0 unspecified atom stereocenters. The van der Waals surface area contributed by atoms with Gasteiger partial charge in [-0.15, -0.1) is 0 Å². The number of likely N-dealkylation sites (tertiary alicyclic amines) is 1. The highest BCUT2D eigenvalue weighted by atomic mass is 19.1. The van der Waals surface area contributed by atoms with E-state index in [4.69, 9.17) is 9.47 Å². The van der Waals surface area contributed by atoms with Crippen molar-refractivity contribution in [1.29, 1.82) is 0 Å². The second-order valence-electron chi connectivity index (χ2n) is 6.04. The lowest BCUT2D eigenvalue weighted by molar-refractivity contribution is 0.131. The van der Waals surface area contributed by atoms with E-state index in [0.717, 1.165) is 12.8 Å². The molecule has 3 rings (SSSR count). The molecule has 0 bridgehead atoms. The van der Waals surface area contributed by atoms with Crippen molar-refractivity contribution in [2.75, 3.05) is 13.1 Å². The SMILES string of the molecule is CC1CCN(C(=O)Oc2ccc(Oc3ccccc3)cc2F)CC1. The van der Waals surface area contributed by atoms with Crippen molar-refractivity contribution in [3.8, 4) is 17.2 Å². The maximum atomic E-state index is 14.2. The summed E-state index contributed by atoms with van der Waals surface area (Å²) in [6, 6.07) is 13.3. The van der Waals surface area contributed by atoms with Crippen molar-refractivity contribution in [3.63, 3.8) is 0 Å². The first kappa shape index (κ1) is 16.3. The van der Waals surface area contributed by atoms with Crippen LogP contribution in [-0.4, -0.2) is 24.1 Å². The molecule has 0 atom stereocenters. The maximum absolute atomic E-state index is 14.2. The lowest BCUT2D eigenvalue weighted by atomic mass is 10.00. The fraction of sp³-hybridized carbons (Fsp3) is 0.316. The van der Waals surface area contributed by atoms with Crippen LogP contribution in [0.3, 0.4) is 0 Å². The molecule has 0 saturated carbocycles. The second kappa shape index (κ2) is 7.34. The van der Waals surface area contributed by atoms with Gasteiger partial charge in [-0.25, -0.2) is 9.18 Å². The number of piperidine rings is 1. The quantitative estimate of drug-likeness (QED) is 0.808. The Hall–Kier alpha value is -2.56. The largest absolute Gasteiger partial charge is 0.457 e. The Kier molecular flexibility index (Phi) is 4.99. The lowest BCUT2D eigenvalue weighted by Gasteiger charge is -2.29. The predicted octanol–water partition coefficient (Wildman–Crippen LogP) is 4.85. The summed E-state index contributed by atoms with van der Waals surface area (Å²) in [7, 11) is 0. The van der Waals surface area contributed by atoms with Crippen LogP contribution in [0, 0.1) is 11.7 Å². The fourth-order valence-electron chi connectivity index (χ4n) is 2.60. The molecule has 1 fully saturated rings. The molecule has 1 aliphatic rings. The summed E-state index contributed by atoms with van der Waals surface area (Å²) in [5.74, 6) is 0.871. The van der Waals surface area contributed by atoms with E-state index in [2.05, 4.69) is 6.92 Å². The van der Waals surface area contributed by atoms with Gasteiger partial charge in [-0.05, 0) is 43.0 Å². The molecule has 0 aromatic heterocycles. The molecule has 0 N–H and O–H groups in total. The van der Waals surface area contributed by atoms with E-state index < -0.39 is 11.9 Å². The normalized spacial score (nSPS) is 15.2. The second-order valence-corrected chi connectivity index (χ2v) is 6.04. The van der Waals surface area contributed by atoms with Crippen molar-refractivity contribution in [2.45, 2.75) is 19.8 Å². The number of nitrogens with zero attached hydrogens (tertiary/aromatic N) is 1. The molecular weight excluding hydrogens is 309 g/mol. The predicted molar refractivity (Wildman–Crippen MR) is 88.9 cm³/mol. The molecular formula is C19H20FNO3. The van der Waals surface area contributed by atoms with Crippen molar-refractivity contribution in [1.82, 2.24) is 4.90 Å². The lowest BCUT2D eigenvalue weighted by Crippen LogP contribution is -2.39. The average molecular weight is 329 g/mol. The molecule has 1 saturated heterocycles. The summed E-state index contributed by atoms with van der Waals surface area (Å²) in [6.45, 7) is 3.46. The standard InChI is InChI=1S/C19H20FNO3/c1-14-9-11-21(12-10-14)19(22)24-18-8-7-16(13-17(18)20)23-15-5-3-2-4-6-15/h2-8,13-14H,9-12H2,1H3. The van der Waals surface area contributed by atoms with E-state index in [1.807, 2.05) is 18.2 Å². The minimum absolute atomic E-state index is 0.0842. The van der Waals surface area contributed by atoms with Crippen LogP contribution >= 0.6 is 0 Å². The number of halogens is 1. The number of rotatable bonds is 3. The Labute approximate surface area is 140 Å². The van der Waals surface area contributed by atoms with E-state index in [1.54, 1.807) is 23.1 Å². The maximum Gasteiger partial charge on any atom is 0.415 e. The van der Waals surface area contributed by atoms with Gasteiger partial charge >= 0.3 is 6.09 Å². The Bertz CT molecular complexity index is 697. The Morgan fingerprint density at radius 1 is 1.08 bits per heavy atom. The van der Waals surface area contributed by atoms with Crippen LogP contribution in [-0.2, 0) is 0 Å². The summed E-state index contributed by atoms with van der Waals surface area (Å²) >= 11 is 0. The van der Waals surface area contributed by atoms with Gasteiger partial charge in [-0.2, -0.15) is 0 Å². The van der Waals surface area contributed by atoms with Crippen LogP contribution in [0.25, 0.3) is 0 Å². The van der Waals surface area contributed by atoms with Gasteiger partial charge in [0.25, 0.3) is 0 Å². The van der Waals surface area contributed by atoms with E-state index in [-0.39, 0.29) is 5.75 Å². The van der Waals surface area contributed by atoms with Crippen LogP contribution < -0.4 is 9.47 Å². The van der Waals surface area contributed by atoms with Crippen LogP contribution in [0.1, 0.15) is 19.8 Å². The van der Waals surface area contributed by atoms with Crippen LogP contribution in [0.4, 0.5) is 9.18 Å². The molecule has 0 radical (unpaired) electrons. The number of hydrogen-bond donors (Lipinski definition) is 0. The first-order valence-electron chi connectivity index (χ1n) is 8.11. The Morgan fingerprint density at radius 2 is 1.79 bits per heavy atom. The molecule has 0 aliphatic carbocycles. The minimum Gasteiger partial charge on any atom is -0.457 e. The number of benzene rings is 2. The summed E-state index contributed by atoms with van der Waals surface area (Å²) in [5, 5.41) is 0. The highest BCUT2D eigenvalue weighted by Crippen LogP contribution is 2.27. The molecule has 24 heavy (non-hydrogen) atoms. The van der Waals surface area contributed by atoms with Crippen LogP contribution in [0.5, 0.6) is 17.2 Å². The van der Waals surface area contributed by atoms with E-state index >= 15 is 0 Å². The van der Waals surface area contributed by atoms with Crippen molar-refractivity contribution in [3.05, 3.63) is 54.3 Å². The topological polar surface area (TPSA) is 38.8 Å². The first-order chi connectivity index (χ1) is 11.6. The molecule has 1 heterocycles. The molecule has 0 spiro atoms. The zero-order valence-electron chi connectivity index (χ0n) is 13.6. The Morgan fingerprint density at radius 3 is 2.46 bits per heavy atom. The number of amides is 1. The monoisotopic (exact) mass is 329 g/mol. The summed E-state index contributed by atoms with van der Waals surface area (Å²) in [6.07, 6.45) is 1.39. The van der Waals surface area contributed by atoms with Gasteiger partial charge in [0, 0.05) is 19.2 Å². The van der Waals surface area contributed by atoms with Crippen molar-refractivity contribution >= 4 is 6.09 Å². The number of carbonyl (C=O) groups is 1. The third-order valence-electron chi connectivity index (χ3n) is 4.12. The van der Waals surface area contributed by atoms with E-state index in [0.29, 0.717) is 30.5 Å². The summed E-state index contributed by atoms with van der Waals surface area (Å²) in [4.78, 5) is 13.7. The molecule has 4 nitrogen and oxygen atoms in total. The zero-order chi connectivity index (χ0) is 16.9. The molecule has 1 aliphatic heterocycles. The number of ether oxygens (including phenoxy) is 2. The third-order valence-corrected chi connectivity index (χ3v) is 4.12. The molecule has 126 valence electrons. The average Bonchev–Trinajstić information content (AvgIpc) is 2.59. The van der Waals surface area contributed by atoms with Gasteiger partial charge in [0.15, 0.2) is 11.6 Å². The smallest absolute Gasteiger partial charge is 0.415 e. The van der Waals surface area contributed by atoms with Crippen LogP contribution in [0.2, 0.25) is 0 Å². The summed E-state index contributed by atoms with van der Waals surface area (Å²) in [5.41, 5.74) is 0. The van der Waals surface area contributed by atoms with Gasteiger partial charge in [0.2, 0.25) is 0 Å². The van der Waals surface area contributed by atoms with Crippen molar-refractivity contribution in [2.24, 2.45) is 5.92 Å². The van der Waals surface area contributed by atoms with Gasteiger partial charge in [0.05, 0.1) is 0 Å². The summed E-state index contributed by atoms with van der Waals surface area (Å²) < 4.78 is 24.9. The van der Waals surface area contributed by atoms with Gasteiger partial charge < -0.3 is 14.4 Å². The van der Waals surface area contributed by atoms with Gasteiger partial charge in [-0.3, -0.25) is 0 Å².